The van der Waals surface area contributed by atoms with Gasteiger partial charge in [0.05, 0.1) is 7.11 Å². The Morgan fingerprint density at radius 3 is 2.27 bits per heavy atom. The molecule has 0 spiro atoms. The Bertz CT molecular complexity index is 119. The van der Waals surface area contributed by atoms with Gasteiger partial charge < -0.3 is 4.74 Å². The van der Waals surface area contributed by atoms with E-state index in [0.29, 0.717) is 18.3 Å². The van der Waals surface area contributed by atoms with Gasteiger partial charge in [-0.25, -0.2) is 0 Å². The van der Waals surface area contributed by atoms with Gasteiger partial charge in [-0.1, -0.05) is 27.2 Å². The van der Waals surface area contributed by atoms with E-state index >= 15 is 0 Å². The summed E-state index contributed by atoms with van der Waals surface area (Å²) in [5, 5.41) is 0. The highest BCUT2D eigenvalue weighted by atomic mass is 16.5. The lowest BCUT2D eigenvalue weighted by Crippen LogP contribution is -2.14. The van der Waals surface area contributed by atoms with E-state index in [2.05, 4.69) is 25.5 Å². The van der Waals surface area contributed by atoms with Gasteiger partial charge in [-0.15, -0.1) is 0 Å². The highest BCUT2D eigenvalue weighted by Gasteiger charge is 2.15. The standard InChI is InChI=1S/C9H18O2/c1-5-8(7(2)3)6-9(10)11-4/h7-8H,5-6H2,1-4H3/t8-/m1/s1. The van der Waals surface area contributed by atoms with E-state index < -0.39 is 0 Å². The minimum atomic E-state index is -0.0921. The van der Waals surface area contributed by atoms with Crippen LogP contribution < -0.4 is 0 Å². The maximum atomic E-state index is 10.9. The Morgan fingerprint density at radius 1 is 1.45 bits per heavy atom. The molecule has 66 valence electrons. The Hall–Kier alpha value is -0.530. The van der Waals surface area contributed by atoms with E-state index in [4.69, 9.17) is 0 Å². The van der Waals surface area contributed by atoms with Gasteiger partial charge in [0.15, 0.2) is 0 Å². The molecular formula is C9H18O2. The molecule has 11 heavy (non-hydrogen) atoms. The normalized spacial score (nSPS) is 13.2. The number of esters is 1. The molecule has 0 aliphatic carbocycles. The molecule has 0 aliphatic rings. The summed E-state index contributed by atoms with van der Waals surface area (Å²) < 4.78 is 4.59. The zero-order valence-electron chi connectivity index (χ0n) is 7.89. The van der Waals surface area contributed by atoms with E-state index in [9.17, 15) is 4.79 Å². The Balaban J connectivity index is 3.78. The maximum Gasteiger partial charge on any atom is 0.305 e. The van der Waals surface area contributed by atoms with E-state index in [0.717, 1.165) is 6.42 Å². The van der Waals surface area contributed by atoms with Crippen LogP contribution in [-0.4, -0.2) is 13.1 Å². The fraction of sp³-hybridized carbons (Fsp3) is 0.889. The molecule has 0 saturated heterocycles. The predicted octanol–water partition coefficient (Wildman–Crippen LogP) is 2.23. The molecule has 0 rings (SSSR count). The van der Waals surface area contributed by atoms with Crippen LogP contribution in [0.25, 0.3) is 0 Å². The van der Waals surface area contributed by atoms with Crippen LogP contribution in [0.2, 0.25) is 0 Å². The Kier molecular flexibility index (Phi) is 4.92. The van der Waals surface area contributed by atoms with Crippen molar-refractivity contribution in [3.8, 4) is 0 Å². The van der Waals surface area contributed by atoms with Crippen LogP contribution in [0.1, 0.15) is 33.6 Å². The van der Waals surface area contributed by atoms with Gasteiger partial charge >= 0.3 is 5.97 Å². The molecule has 0 fully saturated rings. The fourth-order valence-electron chi connectivity index (χ4n) is 1.15. The largest absolute Gasteiger partial charge is 0.469 e. The molecule has 0 radical (unpaired) electrons. The van der Waals surface area contributed by atoms with Gasteiger partial charge in [0.25, 0.3) is 0 Å². The molecule has 0 saturated carbocycles. The van der Waals surface area contributed by atoms with Gasteiger partial charge in [-0.05, 0) is 11.8 Å². The van der Waals surface area contributed by atoms with E-state index in [-0.39, 0.29) is 5.97 Å². The predicted molar refractivity (Wildman–Crippen MR) is 45.3 cm³/mol. The van der Waals surface area contributed by atoms with Gasteiger partial charge in [0.2, 0.25) is 0 Å². The summed E-state index contributed by atoms with van der Waals surface area (Å²) in [5.41, 5.74) is 0. The van der Waals surface area contributed by atoms with Crippen LogP contribution in [0.5, 0.6) is 0 Å². The van der Waals surface area contributed by atoms with Crippen LogP contribution >= 0.6 is 0 Å². The number of hydrogen-bond donors (Lipinski definition) is 0. The highest BCUT2D eigenvalue weighted by molar-refractivity contribution is 5.69. The third kappa shape index (κ3) is 4.02. The van der Waals surface area contributed by atoms with Crippen molar-refractivity contribution in [3.63, 3.8) is 0 Å². The summed E-state index contributed by atoms with van der Waals surface area (Å²) in [6.07, 6.45) is 1.61. The molecule has 0 unspecified atom stereocenters. The van der Waals surface area contributed by atoms with Crippen LogP contribution in [0.4, 0.5) is 0 Å². The van der Waals surface area contributed by atoms with Crippen molar-refractivity contribution < 1.29 is 9.53 Å². The monoisotopic (exact) mass is 158 g/mol. The molecule has 2 heteroatoms. The van der Waals surface area contributed by atoms with Crippen molar-refractivity contribution in [1.29, 1.82) is 0 Å². The second kappa shape index (κ2) is 5.16. The molecule has 0 amide bonds. The second-order valence-corrected chi connectivity index (χ2v) is 3.19. The average Bonchev–Trinajstić information content (AvgIpc) is 1.99. The number of ether oxygens (including phenoxy) is 1. The SMILES string of the molecule is CC[C@H](CC(=O)OC)C(C)C. The zero-order chi connectivity index (χ0) is 8.85. The third-order valence-corrected chi connectivity index (χ3v) is 2.12. The smallest absolute Gasteiger partial charge is 0.305 e. The number of carbonyl (C=O) groups is 1. The molecule has 0 aromatic rings. The van der Waals surface area contributed by atoms with Gasteiger partial charge in [-0.2, -0.15) is 0 Å². The van der Waals surface area contributed by atoms with Gasteiger partial charge in [0.1, 0.15) is 0 Å². The summed E-state index contributed by atoms with van der Waals surface area (Å²) in [4.78, 5) is 10.9. The molecule has 0 bridgehead atoms. The van der Waals surface area contributed by atoms with Crippen molar-refractivity contribution in [1.82, 2.24) is 0 Å². The molecule has 0 aromatic heterocycles. The van der Waals surface area contributed by atoms with Crippen LogP contribution in [0.15, 0.2) is 0 Å². The first-order valence-corrected chi connectivity index (χ1v) is 4.18. The quantitative estimate of drug-likeness (QED) is 0.586. The second-order valence-electron chi connectivity index (χ2n) is 3.19. The third-order valence-electron chi connectivity index (χ3n) is 2.12. The molecular weight excluding hydrogens is 140 g/mol. The first kappa shape index (κ1) is 10.5. The minimum absolute atomic E-state index is 0.0921. The topological polar surface area (TPSA) is 26.3 Å². The molecule has 0 aromatic carbocycles. The lowest BCUT2D eigenvalue weighted by atomic mass is 9.90. The van der Waals surface area contributed by atoms with Crippen molar-refractivity contribution in [2.75, 3.05) is 7.11 Å². The molecule has 0 aliphatic heterocycles. The first-order chi connectivity index (χ1) is 5.11. The molecule has 2 nitrogen and oxygen atoms in total. The van der Waals surface area contributed by atoms with Crippen molar-refractivity contribution >= 4 is 5.97 Å². The minimum Gasteiger partial charge on any atom is -0.469 e. The van der Waals surface area contributed by atoms with Crippen molar-refractivity contribution in [2.45, 2.75) is 33.6 Å². The average molecular weight is 158 g/mol. The zero-order valence-corrected chi connectivity index (χ0v) is 7.89. The lowest BCUT2D eigenvalue weighted by Gasteiger charge is -2.16. The number of carbonyl (C=O) groups excluding carboxylic acids is 1. The molecule has 0 N–H and O–H groups in total. The lowest BCUT2D eigenvalue weighted by molar-refractivity contribution is -0.142. The van der Waals surface area contributed by atoms with E-state index in [1.807, 2.05) is 0 Å². The number of hydrogen-bond acceptors (Lipinski definition) is 2. The number of rotatable bonds is 4. The summed E-state index contributed by atoms with van der Waals surface area (Å²) in [7, 11) is 1.44. The highest BCUT2D eigenvalue weighted by Crippen LogP contribution is 2.18. The van der Waals surface area contributed by atoms with Gasteiger partial charge in [0, 0.05) is 6.42 Å². The van der Waals surface area contributed by atoms with Gasteiger partial charge in [-0.3, -0.25) is 4.79 Å². The Morgan fingerprint density at radius 2 is 2.00 bits per heavy atom. The summed E-state index contributed by atoms with van der Waals surface area (Å²) in [6.45, 7) is 6.38. The maximum absolute atomic E-state index is 10.9. The summed E-state index contributed by atoms with van der Waals surface area (Å²) in [6, 6.07) is 0. The molecule has 0 heterocycles. The molecule has 1 atom stereocenters. The van der Waals surface area contributed by atoms with E-state index in [1.54, 1.807) is 0 Å². The van der Waals surface area contributed by atoms with Crippen LogP contribution in [0, 0.1) is 11.8 Å². The summed E-state index contributed by atoms with van der Waals surface area (Å²) in [5.74, 6) is 0.951. The first-order valence-electron chi connectivity index (χ1n) is 4.18. The van der Waals surface area contributed by atoms with Crippen LogP contribution in [0.3, 0.4) is 0 Å². The summed E-state index contributed by atoms with van der Waals surface area (Å²) >= 11 is 0. The number of methoxy groups -OCH3 is 1. The van der Waals surface area contributed by atoms with Crippen molar-refractivity contribution in [2.24, 2.45) is 11.8 Å². The van der Waals surface area contributed by atoms with E-state index in [1.165, 1.54) is 7.11 Å². The van der Waals surface area contributed by atoms with Crippen LogP contribution in [-0.2, 0) is 9.53 Å². The Labute approximate surface area is 68.9 Å². The van der Waals surface area contributed by atoms with Crippen molar-refractivity contribution in [3.05, 3.63) is 0 Å². The fourth-order valence-corrected chi connectivity index (χ4v) is 1.15.